The summed E-state index contributed by atoms with van der Waals surface area (Å²) in [5.74, 6) is -0.259. The van der Waals surface area contributed by atoms with Crippen LogP contribution in [0.3, 0.4) is 0 Å². The second-order valence-corrected chi connectivity index (χ2v) is 3.81. The molecule has 1 atom stereocenters. The lowest BCUT2D eigenvalue weighted by Crippen LogP contribution is -2.15. The minimum absolute atomic E-state index is 0.120. The Labute approximate surface area is 75.0 Å². The predicted octanol–water partition coefficient (Wildman–Crippen LogP) is 2.92. The smallest absolute Gasteiger partial charge is 0.306 e. The first-order chi connectivity index (χ1) is 5.57. The molecule has 12 heavy (non-hydrogen) atoms. The molecule has 0 aliphatic carbocycles. The number of carboxylic acid groups (broad SMARTS) is 1. The summed E-state index contributed by atoms with van der Waals surface area (Å²) in [5, 5.41) is 8.85. The van der Waals surface area contributed by atoms with E-state index in [0.717, 1.165) is 25.7 Å². The molecule has 0 rings (SSSR count). The van der Waals surface area contributed by atoms with Crippen LogP contribution in [0.15, 0.2) is 0 Å². The van der Waals surface area contributed by atoms with Crippen molar-refractivity contribution in [2.24, 2.45) is 11.8 Å². The predicted molar refractivity (Wildman–Crippen MR) is 50.1 cm³/mol. The highest BCUT2D eigenvalue weighted by molar-refractivity contribution is 5.69. The molecule has 0 saturated carbocycles. The fourth-order valence-electron chi connectivity index (χ4n) is 1.36. The van der Waals surface area contributed by atoms with Crippen molar-refractivity contribution in [3.63, 3.8) is 0 Å². The standard InChI is InChI=1S/C10H20O2/c1-4-5-6-9(10(11)12)7-8(2)3/h8-9H,4-7H2,1-3H3,(H,11,12)/t9-/m0/s1. The van der Waals surface area contributed by atoms with E-state index in [4.69, 9.17) is 5.11 Å². The van der Waals surface area contributed by atoms with E-state index >= 15 is 0 Å². The summed E-state index contributed by atoms with van der Waals surface area (Å²) in [7, 11) is 0. The summed E-state index contributed by atoms with van der Waals surface area (Å²) in [6.45, 7) is 6.23. The van der Waals surface area contributed by atoms with Gasteiger partial charge in [0.25, 0.3) is 0 Å². The van der Waals surface area contributed by atoms with Crippen molar-refractivity contribution in [1.82, 2.24) is 0 Å². The zero-order valence-electron chi connectivity index (χ0n) is 8.34. The molecule has 0 radical (unpaired) electrons. The number of carboxylic acids is 1. The monoisotopic (exact) mass is 172 g/mol. The van der Waals surface area contributed by atoms with Gasteiger partial charge < -0.3 is 5.11 Å². The highest BCUT2D eigenvalue weighted by atomic mass is 16.4. The van der Waals surface area contributed by atoms with E-state index in [0.29, 0.717) is 5.92 Å². The number of hydrogen-bond acceptors (Lipinski definition) is 1. The van der Waals surface area contributed by atoms with Crippen LogP contribution in [0.5, 0.6) is 0 Å². The maximum absolute atomic E-state index is 10.7. The molecule has 72 valence electrons. The summed E-state index contributed by atoms with van der Waals surface area (Å²) >= 11 is 0. The topological polar surface area (TPSA) is 37.3 Å². The number of unbranched alkanes of at least 4 members (excludes halogenated alkanes) is 1. The normalized spacial score (nSPS) is 13.3. The van der Waals surface area contributed by atoms with Gasteiger partial charge in [-0.05, 0) is 18.8 Å². The zero-order valence-corrected chi connectivity index (χ0v) is 8.34. The Balaban J connectivity index is 3.78. The second-order valence-electron chi connectivity index (χ2n) is 3.81. The highest BCUT2D eigenvalue weighted by Crippen LogP contribution is 2.18. The Morgan fingerprint density at radius 2 is 2.00 bits per heavy atom. The molecule has 0 bridgehead atoms. The third-order valence-electron chi connectivity index (χ3n) is 2.01. The maximum Gasteiger partial charge on any atom is 0.306 e. The number of rotatable bonds is 6. The van der Waals surface area contributed by atoms with E-state index in [9.17, 15) is 4.79 Å². The van der Waals surface area contributed by atoms with Crippen LogP contribution in [0.2, 0.25) is 0 Å². The van der Waals surface area contributed by atoms with E-state index in [1.165, 1.54) is 0 Å². The van der Waals surface area contributed by atoms with Crippen molar-refractivity contribution < 1.29 is 9.90 Å². The molecule has 0 saturated heterocycles. The summed E-state index contributed by atoms with van der Waals surface area (Å²) in [6.07, 6.45) is 3.77. The van der Waals surface area contributed by atoms with Crippen LogP contribution < -0.4 is 0 Å². The summed E-state index contributed by atoms with van der Waals surface area (Å²) in [6, 6.07) is 0. The number of aliphatic carboxylic acids is 1. The van der Waals surface area contributed by atoms with Gasteiger partial charge in [-0.25, -0.2) is 0 Å². The van der Waals surface area contributed by atoms with Crippen LogP contribution in [0.25, 0.3) is 0 Å². The molecule has 1 N–H and O–H groups in total. The molecule has 0 aliphatic rings. The van der Waals surface area contributed by atoms with Gasteiger partial charge in [-0.15, -0.1) is 0 Å². The van der Waals surface area contributed by atoms with Gasteiger partial charge in [0.15, 0.2) is 0 Å². The van der Waals surface area contributed by atoms with E-state index in [-0.39, 0.29) is 5.92 Å². The first-order valence-electron chi connectivity index (χ1n) is 4.80. The van der Waals surface area contributed by atoms with Crippen LogP contribution in [0.1, 0.15) is 46.5 Å². The van der Waals surface area contributed by atoms with E-state index < -0.39 is 5.97 Å². The minimum atomic E-state index is -0.628. The van der Waals surface area contributed by atoms with Crippen LogP contribution in [-0.4, -0.2) is 11.1 Å². The van der Waals surface area contributed by atoms with Crippen molar-refractivity contribution in [3.8, 4) is 0 Å². The Kier molecular flexibility index (Phi) is 5.77. The Morgan fingerprint density at radius 1 is 1.42 bits per heavy atom. The second kappa shape index (κ2) is 6.04. The summed E-state index contributed by atoms with van der Waals surface area (Å²) in [4.78, 5) is 10.7. The summed E-state index contributed by atoms with van der Waals surface area (Å²) in [5.41, 5.74) is 0. The highest BCUT2D eigenvalue weighted by Gasteiger charge is 2.17. The third-order valence-corrected chi connectivity index (χ3v) is 2.01. The van der Waals surface area contributed by atoms with Crippen molar-refractivity contribution in [1.29, 1.82) is 0 Å². The molecular weight excluding hydrogens is 152 g/mol. The van der Waals surface area contributed by atoms with Gasteiger partial charge in [-0.2, -0.15) is 0 Å². The van der Waals surface area contributed by atoms with Gasteiger partial charge in [-0.3, -0.25) is 4.79 Å². The molecule has 0 fully saturated rings. The molecule has 0 aromatic heterocycles. The van der Waals surface area contributed by atoms with Crippen molar-refractivity contribution in [2.75, 3.05) is 0 Å². The lowest BCUT2D eigenvalue weighted by molar-refractivity contribution is -0.142. The van der Waals surface area contributed by atoms with Crippen LogP contribution in [0.4, 0.5) is 0 Å². The van der Waals surface area contributed by atoms with Gasteiger partial charge in [0.05, 0.1) is 5.92 Å². The van der Waals surface area contributed by atoms with Gasteiger partial charge in [0.1, 0.15) is 0 Å². The van der Waals surface area contributed by atoms with Crippen molar-refractivity contribution >= 4 is 5.97 Å². The van der Waals surface area contributed by atoms with Gasteiger partial charge in [0.2, 0.25) is 0 Å². The largest absolute Gasteiger partial charge is 0.481 e. The zero-order chi connectivity index (χ0) is 9.56. The maximum atomic E-state index is 10.7. The molecule has 0 aromatic carbocycles. The van der Waals surface area contributed by atoms with Crippen LogP contribution in [0, 0.1) is 11.8 Å². The minimum Gasteiger partial charge on any atom is -0.481 e. The molecule has 0 aliphatic heterocycles. The average molecular weight is 172 g/mol. The first-order valence-corrected chi connectivity index (χ1v) is 4.80. The molecule has 0 unspecified atom stereocenters. The Hall–Kier alpha value is -0.530. The van der Waals surface area contributed by atoms with Crippen molar-refractivity contribution in [2.45, 2.75) is 46.5 Å². The lowest BCUT2D eigenvalue weighted by atomic mass is 9.92. The lowest BCUT2D eigenvalue weighted by Gasteiger charge is -2.13. The van der Waals surface area contributed by atoms with Crippen LogP contribution >= 0.6 is 0 Å². The molecule has 2 nitrogen and oxygen atoms in total. The number of hydrogen-bond donors (Lipinski definition) is 1. The van der Waals surface area contributed by atoms with E-state index in [1.54, 1.807) is 0 Å². The fraction of sp³-hybridized carbons (Fsp3) is 0.900. The number of carbonyl (C=O) groups is 1. The quantitative estimate of drug-likeness (QED) is 0.668. The van der Waals surface area contributed by atoms with E-state index in [1.807, 2.05) is 0 Å². The Morgan fingerprint density at radius 3 is 2.33 bits per heavy atom. The van der Waals surface area contributed by atoms with E-state index in [2.05, 4.69) is 20.8 Å². The van der Waals surface area contributed by atoms with Crippen molar-refractivity contribution in [3.05, 3.63) is 0 Å². The average Bonchev–Trinajstić information content (AvgIpc) is 1.96. The van der Waals surface area contributed by atoms with Gasteiger partial charge in [-0.1, -0.05) is 33.6 Å². The molecule has 0 aromatic rings. The SMILES string of the molecule is CCCC[C@@H](CC(C)C)C(=O)O. The fourth-order valence-corrected chi connectivity index (χ4v) is 1.36. The van der Waals surface area contributed by atoms with Crippen LogP contribution in [-0.2, 0) is 4.79 Å². The van der Waals surface area contributed by atoms with Gasteiger partial charge in [0, 0.05) is 0 Å². The molecule has 0 heterocycles. The third kappa shape index (κ3) is 5.16. The first kappa shape index (κ1) is 11.5. The molecule has 0 spiro atoms. The summed E-state index contributed by atoms with van der Waals surface area (Å²) < 4.78 is 0. The molecule has 2 heteroatoms. The van der Waals surface area contributed by atoms with Gasteiger partial charge >= 0.3 is 5.97 Å². The Bertz CT molecular complexity index is 130. The molecular formula is C10H20O2. The molecule has 0 amide bonds.